The molecule has 130 valence electrons. The highest BCUT2D eigenvalue weighted by molar-refractivity contribution is 7.18. The van der Waals surface area contributed by atoms with Crippen LogP contribution in [-0.4, -0.2) is 23.6 Å². The normalized spacial score (nSPS) is 13.3. The van der Waals surface area contributed by atoms with E-state index in [0.29, 0.717) is 20.5 Å². The fraction of sp³-hybridized carbons (Fsp3) is 0.278. The van der Waals surface area contributed by atoms with Crippen molar-refractivity contribution in [2.24, 2.45) is 0 Å². The SMILES string of the molecule is O=C(CCC(=O)c1ccc(Cl)s1)Nc1cccc(C(=O)NC2CC2)c1. The van der Waals surface area contributed by atoms with Gasteiger partial charge in [0.15, 0.2) is 5.78 Å². The lowest BCUT2D eigenvalue weighted by atomic mass is 10.1. The number of hydrogen-bond acceptors (Lipinski definition) is 4. The number of amides is 2. The highest BCUT2D eigenvalue weighted by Crippen LogP contribution is 2.23. The molecule has 0 atom stereocenters. The Bertz CT molecular complexity index is 814. The van der Waals surface area contributed by atoms with Crippen LogP contribution in [0.25, 0.3) is 0 Å². The number of anilines is 1. The third-order valence-corrected chi connectivity index (χ3v) is 5.02. The van der Waals surface area contributed by atoms with E-state index in [0.717, 1.165) is 12.8 Å². The summed E-state index contributed by atoms with van der Waals surface area (Å²) in [6.45, 7) is 0. The maximum Gasteiger partial charge on any atom is 0.251 e. The predicted molar refractivity (Wildman–Crippen MR) is 98.5 cm³/mol. The Kier molecular flexibility index (Phi) is 5.50. The molecule has 0 aliphatic heterocycles. The van der Waals surface area contributed by atoms with Gasteiger partial charge in [-0.05, 0) is 43.2 Å². The topological polar surface area (TPSA) is 75.3 Å². The first kappa shape index (κ1) is 17.6. The van der Waals surface area contributed by atoms with Crippen molar-refractivity contribution in [2.45, 2.75) is 31.7 Å². The molecule has 0 saturated heterocycles. The monoisotopic (exact) mass is 376 g/mol. The van der Waals surface area contributed by atoms with Gasteiger partial charge >= 0.3 is 0 Å². The summed E-state index contributed by atoms with van der Waals surface area (Å²) in [5, 5.41) is 5.63. The van der Waals surface area contributed by atoms with E-state index in [-0.39, 0.29) is 36.5 Å². The quantitative estimate of drug-likeness (QED) is 0.720. The van der Waals surface area contributed by atoms with Crippen molar-refractivity contribution in [2.75, 3.05) is 5.32 Å². The van der Waals surface area contributed by atoms with E-state index in [1.165, 1.54) is 11.3 Å². The summed E-state index contributed by atoms with van der Waals surface area (Å²) < 4.78 is 0.550. The second-order valence-electron chi connectivity index (χ2n) is 5.90. The molecule has 0 bridgehead atoms. The Morgan fingerprint density at radius 3 is 2.60 bits per heavy atom. The standard InChI is InChI=1S/C18H17ClN2O3S/c19-16-8-7-15(25-16)14(22)6-9-17(23)20-13-3-1-2-11(10-13)18(24)21-12-4-5-12/h1-3,7-8,10,12H,4-6,9H2,(H,20,23)(H,21,24). The molecule has 5 nitrogen and oxygen atoms in total. The molecule has 0 unspecified atom stereocenters. The van der Waals surface area contributed by atoms with Crippen LogP contribution < -0.4 is 10.6 Å². The van der Waals surface area contributed by atoms with Gasteiger partial charge in [-0.25, -0.2) is 0 Å². The van der Waals surface area contributed by atoms with Gasteiger partial charge in [0, 0.05) is 30.1 Å². The number of benzene rings is 1. The zero-order valence-electron chi connectivity index (χ0n) is 13.4. The van der Waals surface area contributed by atoms with Gasteiger partial charge in [-0.2, -0.15) is 0 Å². The second-order valence-corrected chi connectivity index (χ2v) is 7.62. The van der Waals surface area contributed by atoms with Gasteiger partial charge in [-0.15, -0.1) is 11.3 Å². The van der Waals surface area contributed by atoms with Gasteiger partial charge in [-0.3, -0.25) is 14.4 Å². The number of ketones is 1. The molecular formula is C18H17ClN2O3S. The van der Waals surface area contributed by atoms with Crippen molar-refractivity contribution in [3.8, 4) is 0 Å². The van der Waals surface area contributed by atoms with Crippen LogP contribution in [-0.2, 0) is 4.79 Å². The van der Waals surface area contributed by atoms with Gasteiger partial charge in [0.25, 0.3) is 5.91 Å². The highest BCUT2D eigenvalue weighted by atomic mass is 35.5. The van der Waals surface area contributed by atoms with E-state index in [4.69, 9.17) is 11.6 Å². The summed E-state index contributed by atoms with van der Waals surface area (Å²) in [6.07, 6.45) is 2.23. The first-order chi connectivity index (χ1) is 12.0. The summed E-state index contributed by atoms with van der Waals surface area (Å²) in [5.74, 6) is -0.510. The Balaban J connectivity index is 1.52. The van der Waals surface area contributed by atoms with E-state index >= 15 is 0 Å². The number of hydrogen-bond donors (Lipinski definition) is 2. The Labute approximate surface area is 154 Å². The largest absolute Gasteiger partial charge is 0.349 e. The average Bonchev–Trinajstić information content (AvgIpc) is 3.30. The molecule has 1 aromatic heterocycles. The Morgan fingerprint density at radius 2 is 1.92 bits per heavy atom. The number of halogens is 1. The molecule has 1 heterocycles. The molecule has 1 aliphatic carbocycles. The van der Waals surface area contributed by atoms with Gasteiger partial charge in [0.2, 0.25) is 5.91 Å². The molecular weight excluding hydrogens is 360 g/mol. The van der Waals surface area contributed by atoms with E-state index in [9.17, 15) is 14.4 Å². The summed E-state index contributed by atoms with van der Waals surface area (Å²) in [7, 11) is 0. The van der Waals surface area contributed by atoms with E-state index in [1.807, 2.05) is 0 Å². The summed E-state index contributed by atoms with van der Waals surface area (Å²) >= 11 is 7.01. The van der Waals surface area contributed by atoms with Crippen molar-refractivity contribution in [1.82, 2.24) is 5.32 Å². The number of rotatable bonds is 7. The molecule has 1 saturated carbocycles. The van der Waals surface area contributed by atoms with Crippen molar-refractivity contribution in [3.63, 3.8) is 0 Å². The lowest BCUT2D eigenvalue weighted by Gasteiger charge is -2.08. The molecule has 2 N–H and O–H groups in total. The summed E-state index contributed by atoms with van der Waals surface area (Å²) in [5.41, 5.74) is 1.05. The lowest BCUT2D eigenvalue weighted by molar-refractivity contribution is -0.116. The van der Waals surface area contributed by atoms with Gasteiger partial charge in [-0.1, -0.05) is 17.7 Å². The van der Waals surface area contributed by atoms with E-state index in [1.54, 1.807) is 36.4 Å². The first-order valence-electron chi connectivity index (χ1n) is 8.00. The predicted octanol–water partition coefficient (Wildman–Crippen LogP) is 3.90. The number of carbonyl (C=O) groups is 3. The van der Waals surface area contributed by atoms with Crippen LogP contribution in [0.2, 0.25) is 4.34 Å². The summed E-state index contributed by atoms with van der Waals surface area (Å²) in [6, 6.07) is 10.4. The lowest BCUT2D eigenvalue weighted by Crippen LogP contribution is -2.25. The molecule has 1 fully saturated rings. The smallest absolute Gasteiger partial charge is 0.251 e. The number of Topliss-reactive ketones (excluding diaryl/α,β-unsaturated/α-hetero) is 1. The molecule has 2 aromatic rings. The molecule has 0 radical (unpaired) electrons. The van der Waals surface area contributed by atoms with Crippen molar-refractivity contribution >= 4 is 46.2 Å². The minimum absolute atomic E-state index is 0.0762. The van der Waals surface area contributed by atoms with Gasteiger partial charge in [0.1, 0.15) is 0 Å². The van der Waals surface area contributed by atoms with Gasteiger partial charge in [0.05, 0.1) is 9.21 Å². The molecule has 7 heteroatoms. The maximum atomic E-state index is 12.0. The van der Waals surface area contributed by atoms with Crippen LogP contribution in [0.4, 0.5) is 5.69 Å². The maximum absolute atomic E-state index is 12.0. The van der Waals surface area contributed by atoms with Crippen LogP contribution in [0.1, 0.15) is 45.7 Å². The zero-order valence-corrected chi connectivity index (χ0v) is 15.0. The molecule has 3 rings (SSSR count). The Hall–Kier alpha value is -2.18. The average molecular weight is 377 g/mol. The fourth-order valence-electron chi connectivity index (χ4n) is 2.27. The van der Waals surface area contributed by atoms with Crippen LogP contribution >= 0.6 is 22.9 Å². The van der Waals surface area contributed by atoms with E-state index < -0.39 is 0 Å². The fourth-order valence-corrected chi connectivity index (χ4v) is 3.28. The molecule has 1 aliphatic rings. The van der Waals surface area contributed by atoms with Crippen molar-refractivity contribution < 1.29 is 14.4 Å². The third kappa shape index (κ3) is 5.14. The van der Waals surface area contributed by atoms with Gasteiger partial charge < -0.3 is 10.6 Å². The van der Waals surface area contributed by atoms with Crippen LogP contribution in [0, 0.1) is 0 Å². The van der Waals surface area contributed by atoms with Crippen molar-refractivity contribution in [1.29, 1.82) is 0 Å². The first-order valence-corrected chi connectivity index (χ1v) is 9.20. The van der Waals surface area contributed by atoms with Crippen LogP contribution in [0.15, 0.2) is 36.4 Å². The molecule has 2 amide bonds. The summed E-state index contributed by atoms with van der Waals surface area (Å²) in [4.78, 5) is 36.6. The zero-order chi connectivity index (χ0) is 17.8. The van der Waals surface area contributed by atoms with E-state index in [2.05, 4.69) is 10.6 Å². The molecule has 25 heavy (non-hydrogen) atoms. The minimum atomic E-state index is -0.268. The number of carbonyl (C=O) groups excluding carboxylic acids is 3. The number of nitrogens with one attached hydrogen (secondary N) is 2. The molecule has 0 spiro atoms. The second kappa shape index (κ2) is 7.80. The number of thiophene rings is 1. The Morgan fingerprint density at radius 1 is 1.12 bits per heavy atom. The van der Waals surface area contributed by atoms with Crippen LogP contribution in [0.3, 0.4) is 0 Å². The van der Waals surface area contributed by atoms with Crippen molar-refractivity contribution in [3.05, 3.63) is 51.2 Å². The minimum Gasteiger partial charge on any atom is -0.349 e. The molecule has 1 aromatic carbocycles. The van der Waals surface area contributed by atoms with Crippen LogP contribution in [0.5, 0.6) is 0 Å². The third-order valence-electron chi connectivity index (χ3n) is 3.75. The highest BCUT2D eigenvalue weighted by Gasteiger charge is 2.23.